The minimum Gasteiger partial charge on any atom is -0.396 e. The van der Waals surface area contributed by atoms with Gasteiger partial charge in [-0.05, 0) is 37.8 Å². The highest BCUT2D eigenvalue weighted by Gasteiger charge is 2.76. The Morgan fingerprint density at radius 3 is 2.51 bits per heavy atom. The van der Waals surface area contributed by atoms with Gasteiger partial charge in [0.05, 0.1) is 17.9 Å². The van der Waals surface area contributed by atoms with Gasteiger partial charge < -0.3 is 24.5 Å². The molecule has 3 saturated heterocycles. The van der Waals surface area contributed by atoms with Crippen LogP contribution >= 0.6 is 15.9 Å². The molecule has 39 heavy (non-hydrogen) atoms. The van der Waals surface area contributed by atoms with Crippen LogP contribution in [0.3, 0.4) is 0 Å². The van der Waals surface area contributed by atoms with Crippen molar-refractivity contribution < 1.29 is 24.2 Å². The molecule has 4 rings (SSSR count). The predicted octanol–water partition coefficient (Wildman–Crippen LogP) is 3.54. The molecule has 1 aromatic rings. The fraction of sp³-hybridized carbons (Fsp3) is 0.567. The monoisotopic (exact) mass is 601 g/mol. The number of amides is 3. The van der Waals surface area contributed by atoms with Gasteiger partial charge in [0.1, 0.15) is 11.6 Å². The number of aliphatic hydroxyl groups excluding tert-OH is 1. The first-order valence-electron chi connectivity index (χ1n) is 14.0. The summed E-state index contributed by atoms with van der Waals surface area (Å²) in [5.74, 6) is -2.08. The third-order valence-corrected chi connectivity index (χ3v) is 9.05. The second kappa shape index (κ2) is 12.8. The summed E-state index contributed by atoms with van der Waals surface area (Å²) >= 11 is 3.75. The molecule has 3 heterocycles. The molecule has 1 spiro atoms. The number of hydrogen-bond acceptors (Lipinski definition) is 5. The second-order valence-electron chi connectivity index (χ2n) is 10.6. The molecule has 3 fully saturated rings. The van der Waals surface area contributed by atoms with Crippen molar-refractivity contribution >= 4 is 39.3 Å². The Kier molecular flexibility index (Phi) is 9.67. The van der Waals surface area contributed by atoms with Crippen LogP contribution in [-0.2, 0) is 19.1 Å². The van der Waals surface area contributed by atoms with E-state index in [1.165, 1.54) is 0 Å². The highest BCUT2D eigenvalue weighted by Crippen LogP contribution is 2.60. The van der Waals surface area contributed by atoms with E-state index in [0.717, 1.165) is 18.5 Å². The van der Waals surface area contributed by atoms with Crippen LogP contribution in [0.2, 0.25) is 0 Å². The molecule has 3 unspecified atom stereocenters. The number of anilines is 1. The zero-order valence-corrected chi connectivity index (χ0v) is 24.3. The van der Waals surface area contributed by atoms with Crippen molar-refractivity contribution in [2.45, 2.75) is 61.6 Å². The van der Waals surface area contributed by atoms with E-state index in [-0.39, 0.29) is 29.2 Å². The van der Waals surface area contributed by atoms with Crippen molar-refractivity contribution in [3.8, 4) is 0 Å². The number of rotatable bonds is 14. The molecule has 0 aromatic heterocycles. The van der Waals surface area contributed by atoms with E-state index in [1.807, 2.05) is 30.3 Å². The molecule has 0 aliphatic carbocycles. The number of hydrogen-bond donors (Lipinski definition) is 1. The quantitative estimate of drug-likeness (QED) is 0.200. The predicted molar refractivity (Wildman–Crippen MR) is 154 cm³/mol. The number of para-hydroxylation sites is 1. The van der Waals surface area contributed by atoms with Gasteiger partial charge in [0, 0.05) is 43.3 Å². The van der Waals surface area contributed by atoms with Gasteiger partial charge in [0.15, 0.2) is 0 Å². The molecule has 8 nitrogen and oxygen atoms in total. The van der Waals surface area contributed by atoms with Crippen LogP contribution in [-0.4, -0.2) is 88.0 Å². The molecule has 1 aromatic carbocycles. The number of aliphatic hydroxyl groups is 1. The Hall–Kier alpha value is -2.49. The normalized spacial score (nSPS) is 28.8. The van der Waals surface area contributed by atoms with Gasteiger partial charge in [0.25, 0.3) is 0 Å². The third-order valence-electron chi connectivity index (χ3n) is 8.20. The molecule has 3 aliphatic heterocycles. The standard InChI is InChI=1S/C30H40BrN3O5/c1-4-7-17-32(15-5-2)29(38)26-30-20-22(31)25(39-30)23(24(30)28(37)34(26)18-11-12-19-35)27(36)33(16-6-3)21-13-9-8-10-14-21/h5-6,8-10,13-14,22-26,35H,2-4,7,11-12,15-20H2,1H3/t22?,23-,24+,25-,26?,30?/m1/s1. The summed E-state index contributed by atoms with van der Waals surface area (Å²) in [5, 5.41) is 9.39. The van der Waals surface area contributed by atoms with Gasteiger partial charge in [-0.3, -0.25) is 14.4 Å². The molecule has 0 radical (unpaired) electrons. The Morgan fingerprint density at radius 1 is 1.15 bits per heavy atom. The molecular weight excluding hydrogens is 562 g/mol. The molecule has 2 bridgehead atoms. The molecule has 9 heteroatoms. The molecule has 3 aliphatic rings. The summed E-state index contributed by atoms with van der Waals surface area (Å²) in [6, 6.07) is 8.52. The van der Waals surface area contributed by atoms with Gasteiger partial charge in [-0.2, -0.15) is 0 Å². The van der Waals surface area contributed by atoms with E-state index < -0.39 is 29.6 Å². The van der Waals surface area contributed by atoms with Crippen molar-refractivity contribution in [3.63, 3.8) is 0 Å². The topological polar surface area (TPSA) is 90.4 Å². The van der Waals surface area contributed by atoms with Gasteiger partial charge in [-0.25, -0.2) is 0 Å². The maximum atomic E-state index is 14.2. The van der Waals surface area contributed by atoms with Gasteiger partial charge in [0.2, 0.25) is 17.7 Å². The van der Waals surface area contributed by atoms with Crippen LogP contribution in [0.25, 0.3) is 0 Å². The summed E-state index contributed by atoms with van der Waals surface area (Å²) in [4.78, 5) is 47.5. The van der Waals surface area contributed by atoms with Crippen LogP contribution in [0.15, 0.2) is 55.6 Å². The van der Waals surface area contributed by atoms with E-state index in [1.54, 1.807) is 26.9 Å². The SMILES string of the molecule is C=CCN(CCCC)C(=O)C1N(CCCCO)C(=O)[C@@H]2[C@@H](C(=O)N(CC=C)c3ccccc3)[C@@H]3OC12CC3Br. The summed E-state index contributed by atoms with van der Waals surface area (Å²) in [5.41, 5.74) is -0.380. The molecule has 3 amide bonds. The zero-order valence-electron chi connectivity index (χ0n) is 22.7. The number of benzene rings is 1. The largest absolute Gasteiger partial charge is 0.396 e. The number of fused-ring (bicyclic) bond motifs is 1. The summed E-state index contributed by atoms with van der Waals surface area (Å²) in [6.07, 6.45) is 6.14. The number of ether oxygens (including phenoxy) is 1. The van der Waals surface area contributed by atoms with Crippen LogP contribution in [0.1, 0.15) is 39.0 Å². The van der Waals surface area contributed by atoms with Crippen molar-refractivity contribution in [1.29, 1.82) is 0 Å². The zero-order chi connectivity index (χ0) is 28.2. The van der Waals surface area contributed by atoms with Gasteiger partial charge >= 0.3 is 0 Å². The minimum absolute atomic E-state index is 0.00501. The van der Waals surface area contributed by atoms with Crippen LogP contribution in [0, 0.1) is 11.8 Å². The molecule has 212 valence electrons. The Bertz CT molecular complexity index is 1070. The number of nitrogens with zero attached hydrogens (tertiary/aromatic N) is 3. The first-order chi connectivity index (χ1) is 18.9. The first kappa shape index (κ1) is 29.5. The lowest BCUT2D eigenvalue weighted by atomic mass is 9.70. The number of halogens is 1. The van der Waals surface area contributed by atoms with E-state index in [4.69, 9.17) is 4.74 Å². The van der Waals surface area contributed by atoms with E-state index in [9.17, 15) is 19.5 Å². The number of alkyl halides is 1. The fourth-order valence-corrected chi connectivity index (χ4v) is 7.48. The second-order valence-corrected chi connectivity index (χ2v) is 11.8. The third kappa shape index (κ3) is 5.33. The summed E-state index contributed by atoms with van der Waals surface area (Å²) < 4.78 is 6.66. The summed E-state index contributed by atoms with van der Waals surface area (Å²) in [6.45, 7) is 11.3. The van der Waals surface area contributed by atoms with Crippen molar-refractivity contribution in [2.75, 3.05) is 37.7 Å². The van der Waals surface area contributed by atoms with Crippen molar-refractivity contribution in [1.82, 2.24) is 9.80 Å². The van der Waals surface area contributed by atoms with E-state index in [0.29, 0.717) is 45.4 Å². The number of likely N-dealkylation sites (tertiary alicyclic amines) is 1. The molecular formula is C30H40BrN3O5. The van der Waals surface area contributed by atoms with Crippen LogP contribution < -0.4 is 4.90 Å². The Balaban J connectivity index is 1.75. The number of carbonyl (C=O) groups is 3. The maximum Gasteiger partial charge on any atom is 0.248 e. The summed E-state index contributed by atoms with van der Waals surface area (Å²) in [7, 11) is 0. The van der Waals surface area contributed by atoms with Gasteiger partial charge in [-0.15, -0.1) is 13.2 Å². The highest BCUT2D eigenvalue weighted by atomic mass is 79.9. The average Bonchev–Trinajstić information content (AvgIpc) is 3.53. The van der Waals surface area contributed by atoms with Gasteiger partial charge in [-0.1, -0.05) is 59.6 Å². The van der Waals surface area contributed by atoms with Crippen molar-refractivity contribution in [2.24, 2.45) is 11.8 Å². The Morgan fingerprint density at radius 2 is 1.87 bits per heavy atom. The highest BCUT2D eigenvalue weighted by molar-refractivity contribution is 9.09. The lowest BCUT2D eigenvalue weighted by Gasteiger charge is -2.37. The first-order valence-corrected chi connectivity index (χ1v) is 14.9. The average molecular weight is 603 g/mol. The van der Waals surface area contributed by atoms with Crippen LogP contribution in [0.4, 0.5) is 5.69 Å². The maximum absolute atomic E-state index is 14.2. The van der Waals surface area contributed by atoms with Crippen LogP contribution in [0.5, 0.6) is 0 Å². The van der Waals surface area contributed by atoms with E-state index in [2.05, 4.69) is 36.0 Å². The number of carbonyl (C=O) groups excluding carboxylic acids is 3. The number of unbranched alkanes of at least 4 members (excludes halogenated alkanes) is 2. The molecule has 0 saturated carbocycles. The molecule has 6 atom stereocenters. The van der Waals surface area contributed by atoms with E-state index >= 15 is 0 Å². The smallest absolute Gasteiger partial charge is 0.248 e. The lowest BCUT2D eigenvalue weighted by Crippen LogP contribution is -2.57. The molecule has 1 N–H and O–H groups in total. The Labute approximate surface area is 239 Å². The minimum atomic E-state index is -1.10. The van der Waals surface area contributed by atoms with Crippen molar-refractivity contribution in [3.05, 3.63) is 55.6 Å². The lowest BCUT2D eigenvalue weighted by molar-refractivity contribution is -0.147. The fourth-order valence-electron chi connectivity index (χ4n) is 6.53.